The summed E-state index contributed by atoms with van der Waals surface area (Å²) < 4.78 is 0. The molecule has 0 radical (unpaired) electrons. The Morgan fingerprint density at radius 2 is 2.14 bits per heavy atom. The van der Waals surface area contributed by atoms with E-state index in [1.807, 2.05) is 12.1 Å². The zero-order valence-corrected chi connectivity index (χ0v) is 13.2. The second-order valence-corrected chi connectivity index (χ2v) is 5.96. The van der Waals surface area contributed by atoms with Gasteiger partial charge in [-0.1, -0.05) is 11.6 Å². The van der Waals surface area contributed by atoms with Gasteiger partial charge < -0.3 is 14.9 Å². The van der Waals surface area contributed by atoms with E-state index in [1.54, 1.807) is 6.07 Å². The van der Waals surface area contributed by atoms with Crippen molar-refractivity contribution in [3.05, 3.63) is 28.8 Å². The molecule has 1 fully saturated rings. The first-order valence-electron chi connectivity index (χ1n) is 7.41. The molecule has 2 rings (SSSR count). The molecular formula is C16H22ClN3O. The van der Waals surface area contributed by atoms with E-state index in [1.165, 1.54) is 0 Å². The Morgan fingerprint density at radius 1 is 1.43 bits per heavy atom. The predicted octanol–water partition coefficient (Wildman–Crippen LogP) is 2.49. The molecule has 114 valence electrons. The number of anilines is 1. The Kier molecular flexibility index (Phi) is 5.86. The minimum Gasteiger partial charge on any atom is -0.396 e. The molecule has 0 bridgehead atoms. The van der Waals surface area contributed by atoms with Crippen LogP contribution in [0.1, 0.15) is 24.8 Å². The molecule has 0 aliphatic carbocycles. The fourth-order valence-electron chi connectivity index (χ4n) is 2.86. The topological polar surface area (TPSA) is 50.5 Å². The summed E-state index contributed by atoms with van der Waals surface area (Å²) in [7, 11) is 2.13. The van der Waals surface area contributed by atoms with Crippen LogP contribution in [0.25, 0.3) is 0 Å². The number of rotatable bonds is 5. The van der Waals surface area contributed by atoms with Gasteiger partial charge in [-0.25, -0.2) is 0 Å². The number of nitriles is 1. The fourth-order valence-corrected chi connectivity index (χ4v) is 3.08. The van der Waals surface area contributed by atoms with Gasteiger partial charge in [0, 0.05) is 38.0 Å². The smallest absolute Gasteiger partial charge is 0.101 e. The highest BCUT2D eigenvalue weighted by Gasteiger charge is 2.22. The summed E-state index contributed by atoms with van der Waals surface area (Å²) in [5, 5.41) is 18.3. The highest BCUT2D eigenvalue weighted by Crippen LogP contribution is 2.26. The lowest BCUT2D eigenvalue weighted by molar-refractivity contribution is 0.184. The highest BCUT2D eigenvalue weighted by molar-refractivity contribution is 6.32. The third-order valence-corrected chi connectivity index (χ3v) is 4.51. The van der Waals surface area contributed by atoms with Crippen molar-refractivity contribution in [3.63, 3.8) is 0 Å². The maximum Gasteiger partial charge on any atom is 0.101 e. The normalized spacial score (nSPS) is 16.2. The zero-order chi connectivity index (χ0) is 15.2. The van der Waals surface area contributed by atoms with Crippen LogP contribution in [-0.2, 0) is 0 Å². The molecule has 1 aliphatic rings. The Hall–Kier alpha value is -1.28. The average Bonchev–Trinajstić information content (AvgIpc) is 2.52. The Bertz CT molecular complexity index is 507. The van der Waals surface area contributed by atoms with Crippen LogP contribution in [0.3, 0.4) is 0 Å². The van der Waals surface area contributed by atoms with E-state index in [0.717, 1.165) is 44.6 Å². The molecule has 0 saturated carbocycles. The Morgan fingerprint density at radius 3 is 2.71 bits per heavy atom. The van der Waals surface area contributed by atoms with Gasteiger partial charge in [0.1, 0.15) is 6.07 Å². The van der Waals surface area contributed by atoms with E-state index < -0.39 is 0 Å². The summed E-state index contributed by atoms with van der Waals surface area (Å²) >= 11 is 6.10. The van der Waals surface area contributed by atoms with E-state index in [4.69, 9.17) is 22.0 Å². The minimum absolute atomic E-state index is 0.257. The maximum absolute atomic E-state index is 8.91. The van der Waals surface area contributed by atoms with Gasteiger partial charge in [0.05, 0.1) is 10.6 Å². The van der Waals surface area contributed by atoms with E-state index in [0.29, 0.717) is 16.6 Å². The highest BCUT2D eigenvalue weighted by atomic mass is 35.5. The van der Waals surface area contributed by atoms with Crippen LogP contribution < -0.4 is 4.90 Å². The van der Waals surface area contributed by atoms with Gasteiger partial charge in [-0.2, -0.15) is 5.26 Å². The number of aliphatic hydroxyl groups excluding tert-OH is 1. The van der Waals surface area contributed by atoms with Gasteiger partial charge in [0.2, 0.25) is 0 Å². The Labute approximate surface area is 131 Å². The van der Waals surface area contributed by atoms with Gasteiger partial charge in [-0.3, -0.25) is 0 Å². The Balaban J connectivity index is 1.92. The molecule has 0 atom stereocenters. The minimum atomic E-state index is 0.257. The molecule has 1 heterocycles. The molecule has 21 heavy (non-hydrogen) atoms. The van der Waals surface area contributed by atoms with Crippen molar-refractivity contribution in [2.24, 2.45) is 0 Å². The van der Waals surface area contributed by atoms with Crippen LogP contribution in [0.15, 0.2) is 18.2 Å². The monoisotopic (exact) mass is 307 g/mol. The number of halogens is 1. The van der Waals surface area contributed by atoms with Crippen molar-refractivity contribution in [2.45, 2.75) is 25.3 Å². The summed E-state index contributed by atoms with van der Waals surface area (Å²) in [4.78, 5) is 4.67. The first kappa shape index (κ1) is 16.1. The van der Waals surface area contributed by atoms with Crippen molar-refractivity contribution in [1.82, 2.24) is 4.90 Å². The van der Waals surface area contributed by atoms with Crippen molar-refractivity contribution < 1.29 is 5.11 Å². The van der Waals surface area contributed by atoms with Gasteiger partial charge in [-0.05, 0) is 44.5 Å². The number of piperidine rings is 1. The molecule has 0 spiro atoms. The molecule has 1 aliphatic heterocycles. The van der Waals surface area contributed by atoms with Crippen LogP contribution in [0.4, 0.5) is 5.69 Å². The van der Waals surface area contributed by atoms with Crippen LogP contribution in [0.5, 0.6) is 0 Å². The van der Waals surface area contributed by atoms with Gasteiger partial charge >= 0.3 is 0 Å². The molecule has 1 N–H and O–H groups in total. The molecule has 1 aromatic rings. The first-order chi connectivity index (χ1) is 10.2. The SMILES string of the molecule is CN(CCCO)C1CCN(c2ccc(C#N)c(Cl)c2)CC1. The summed E-state index contributed by atoms with van der Waals surface area (Å²) in [6.45, 7) is 3.20. The van der Waals surface area contributed by atoms with Crippen molar-refractivity contribution >= 4 is 17.3 Å². The summed E-state index contributed by atoms with van der Waals surface area (Å²) in [6.07, 6.45) is 3.06. The first-order valence-corrected chi connectivity index (χ1v) is 7.79. The molecule has 0 unspecified atom stereocenters. The van der Waals surface area contributed by atoms with Crippen LogP contribution in [0.2, 0.25) is 5.02 Å². The lowest BCUT2D eigenvalue weighted by Crippen LogP contribution is -2.43. The van der Waals surface area contributed by atoms with Crippen LogP contribution >= 0.6 is 11.6 Å². The second-order valence-electron chi connectivity index (χ2n) is 5.55. The fraction of sp³-hybridized carbons (Fsp3) is 0.562. The van der Waals surface area contributed by atoms with Crippen LogP contribution in [-0.4, -0.2) is 49.3 Å². The quantitative estimate of drug-likeness (QED) is 0.908. The molecule has 0 aromatic heterocycles. The van der Waals surface area contributed by atoms with E-state index in [2.05, 4.69) is 22.9 Å². The van der Waals surface area contributed by atoms with Gasteiger partial charge in [0.25, 0.3) is 0 Å². The summed E-state index contributed by atoms with van der Waals surface area (Å²) in [5.74, 6) is 0. The second kappa shape index (κ2) is 7.65. The molecule has 1 saturated heterocycles. The van der Waals surface area contributed by atoms with Crippen molar-refractivity contribution in [1.29, 1.82) is 5.26 Å². The van der Waals surface area contributed by atoms with E-state index in [-0.39, 0.29) is 6.61 Å². The van der Waals surface area contributed by atoms with E-state index in [9.17, 15) is 0 Å². The largest absolute Gasteiger partial charge is 0.396 e. The van der Waals surface area contributed by atoms with Crippen molar-refractivity contribution in [3.8, 4) is 6.07 Å². The number of hydrogen-bond donors (Lipinski definition) is 1. The third kappa shape index (κ3) is 4.10. The lowest BCUT2D eigenvalue weighted by Gasteiger charge is -2.38. The molecule has 4 nitrogen and oxygen atoms in total. The molecule has 1 aromatic carbocycles. The molecule has 0 amide bonds. The molecule has 5 heteroatoms. The summed E-state index contributed by atoms with van der Waals surface area (Å²) in [5.41, 5.74) is 1.62. The van der Waals surface area contributed by atoms with Gasteiger partial charge in [-0.15, -0.1) is 0 Å². The molecular weight excluding hydrogens is 286 g/mol. The maximum atomic E-state index is 8.91. The number of aliphatic hydroxyl groups is 1. The number of benzene rings is 1. The standard InChI is InChI=1S/C16H22ClN3O/c1-19(7-2-10-21)14-5-8-20(9-6-14)15-4-3-13(12-18)16(17)11-15/h3-4,11,14,21H,2,5-10H2,1H3. The third-order valence-electron chi connectivity index (χ3n) is 4.20. The number of hydrogen-bond acceptors (Lipinski definition) is 4. The average molecular weight is 308 g/mol. The predicted molar refractivity (Wildman–Crippen MR) is 85.7 cm³/mol. The van der Waals surface area contributed by atoms with Crippen molar-refractivity contribution in [2.75, 3.05) is 38.2 Å². The van der Waals surface area contributed by atoms with Crippen LogP contribution in [0, 0.1) is 11.3 Å². The van der Waals surface area contributed by atoms with Gasteiger partial charge in [0.15, 0.2) is 0 Å². The number of nitrogens with zero attached hydrogens (tertiary/aromatic N) is 3. The zero-order valence-electron chi connectivity index (χ0n) is 12.4. The summed E-state index contributed by atoms with van der Waals surface area (Å²) in [6, 6.07) is 8.32. The van der Waals surface area contributed by atoms with E-state index >= 15 is 0 Å². The lowest BCUT2D eigenvalue weighted by atomic mass is 10.0.